The predicted octanol–water partition coefficient (Wildman–Crippen LogP) is 3.15. The molecule has 1 aromatic carbocycles. The summed E-state index contributed by atoms with van der Waals surface area (Å²) in [6.45, 7) is 4.13. The van der Waals surface area contributed by atoms with Crippen LogP contribution in [0.2, 0.25) is 0 Å². The number of aryl methyl sites for hydroxylation is 1. The van der Waals surface area contributed by atoms with E-state index in [9.17, 15) is 0 Å². The van der Waals surface area contributed by atoms with Crippen LogP contribution in [0.25, 0.3) is 6.08 Å². The maximum atomic E-state index is 6.29. The van der Waals surface area contributed by atoms with E-state index in [1.54, 1.807) is 0 Å². The fourth-order valence-electron chi connectivity index (χ4n) is 2.58. The van der Waals surface area contributed by atoms with Gasteiger partial charge in [-0.2, -0.15) is 0 Å². The molecular weight excluding hydrogens is 278 g/mol. The van der Waals surface area contributed by atoms with Gasteiger partial charge in [-0.15, -0.1) is 0 Å². The van der Waals surface area contributed by atoms with Gasteiger partial charge in [0.2, 0.25) is 0 Å². The summed E-state index contributed by atoms with van der Waals surface area (Å²) in [5, 5.41) is 3.38. The van der Waals surface area contributed by atoms with Crippen molar-refractivity contribution in [1.82, 2.24) is 5.32 Å². The average molecular weight is 294 g/mol. The van der Waals surface area contributed by atoms with E-state index in [0.29, 0.717) is 0 Å². The Bertz CT molecular complexity index is 475. The van der Waals surface area contributed by atoms with Gasteiger partial charge >= 0.3 is 0 Å². The first-order valence-electron chi connectivity index (χ1n) is 6.14. The molecule has 2 aliphatic rings. The summed E-state index contributed by atoms with van der Waals surface area (Å²) in [6.07, 6.45) is 6.47. The molecule has 0 saturated carbocycles. The second-order valence-corrected chi connectivity index (χ2v) is 5.68. The minimum Gasteiger partial charge on any atom is -0.481 e. The third-order valence-electron chi connectivity index (χ3n) is 3.56. The fraction of sp³-hybridized carbons (Fsp3) is 0.429. The maximum Gasteiger partial charge on any atom is 0.141 e. The topological polar surface area (TPSA) is 21.3 Å². The monoisotopic (exact) mass is 293 g/mol. The Hall–Kier alpha value is -0.800. The van der Waals surface area contributed by atoms with Crippen molar-refractivity contribution in [3.05, 3.63) is 33.8 Å². The molecule has 0 bridgehead atoms. The number of ether oxygens (including phenoxy) is 1. The van der Waals surface area contributed by atoms with Crippen LogP contribution < -0.4 is 10.1 Å². The molecule has 2 aliphatic heterocycles. The Kier molecular flexibility index (Phi) is 2.75. The minimum absolute atomic E-state index is 0.106. The van der Waals surface area contributed by atoms with Crippen molar-refractivity contribution in [2.75, 3.05) is 13.1 Å². The van der Waals surface area contributed by atoms with Gasteiger partial charge in [0.25, 0.3) is 0 Å². The molecule has 0 aromatic heterocycles. The third kappa shape index (κ3) is 1.91. The highest BCUT2D eigenvalue weighted by molar-refractivity contribution is 9.10. The van der Waals surface area contributed by atoms with Gasteiger partial charge in [-0.1, -0.05) is 28.9 Å². The molecule has 0 unspecified atom stereocenters. The average Bonchev–Trinajstić information content (AvgIpc) is 2.77. The lowest BCUT2D eigenvalue weighted by molar-refractivity contribution is 0.137. The molecule has 3 rings (SSSR count). The van der Waals surface area contributed by atoms with Gasteiger partial charge < -0.3 is 10.1 Å². The number of fused-ring (bicyclic) bond motifs is 1. The van der Waals surface area contributed by atoms with E-state index in [2.05, 4.69) is 52.5 Å². The van der Waals surface area contributed by atoms with E-state index >= 15 is 0 Å². The third-order valence-corrected chi connectivity index (χ3v) is 4.02. The van der Waals surface area contributed by atoms with Crippen LogP contribution in [0.15, 0.2) is 22.7 Å². The lowest BCUT2D eigenvalue weighted by Crippen LogP contribution is -2.38. The maximum absolute atomic E-state index is 6.29. The van der Waals surface area contributed by atoms with Crippen molar-refractivity contribution in [3.63, 3.8) is 0 Å². The molecular formula is C14H16BrNO. The zero-order valence-electron chi connectivity index (χ0n) is 9.92. The Morgan fingerprint density at radius 1 is 1.47 bits per heavy atom. The predicted molar refractivity (Wildman–Crippen MR) is 73.4 cm³/mol. The summed E-state index contributed by atoms with van der Waals surface area (Å²) in [5.74, 6) is 1.07. The number of rotatable bonds is 1. The molecule has 17 heavy (non-hydrogen) atoms. The number of benzene rings is 1. The molecule has 0 aliphatic carbocycles. The summed E-state index contributed by atoms with van der Waals surface area (Å²) in [5.41, 5.74) is 2.36. The van der Waals surface area contributed by atoms with E-state index in [1.165, 1.54) is 11.1 Å². The zero-order valence-corrected chi connectivity index (χ0v) is 11.5. The van der Waals surface area contributed by atoms with Gasteiger partial charge in [-0.25, -0.2) is 0 Å². The smallest absolute Gasteiger partial charge is 0.141 e. The lowest BCUT2D eigenvalue weighted by atomic mass is 9.95. The Labute approximate surface area is 110 Å². The number of nitrogens with one attached hydrogen (secondary N) is 1. The van der Waals surface area contributed by atoms with Gasteiger partial charge in [0, 0.05) is 23.0 Å². The van der Waals surface area contributed by atoms with E-state index in [4.69, 9.17) is 4.74 Å². The molecule has 0 radical (unpaired) electrons. The van der Waals surface area contributed by atoms with Crippen LogP contribution in [0.5, 0.6) is 5.75 Å². The summed E-state index contributed by atoms with van der Waals surface area (Å²) < 4.78 is 7.41. The summed E-state index contributed by atoms with van der Waals surface area (Å²) in [4.78, 5) is 0. The van der Waals surface area contributed by atoms with Crippen molar-refractivity contribution in [1.29, 1.82) is 0 Å². The van der Waals surface area contributed by atoms with Crippen LogP contribution in [0.1, 0.15) is 24.5 Å². The highest BCUT2D eigenvalue weighted by atomic mass is 79.9. The van der Waals surface area contributed by atoms with Crippen molar-refractivity contribution in [2.45, 2.75) is 25.4 Å². The van der Waals surface area contributed by atoms with E-state index < -0.39 is 0 Å². The Morgan fingerprint density at radius 3 is 3.06 bits per heavy atom. The highest BCUT2D eigenvalue weighted by Crippen LogP contribution is 2.38. The molecule has 2 nitrogen and oxygen atoms in total. The van der Waals surface area contributed by atoms with Gasteiger partial charge in [0.1, 0.15) is 11.4 Å². The molecule has 1 aromatic rings. The van der Waals surface area contributed by atoms with Crippen molar-refractivity contribution >= 4 is 22.0 Å². The minimum atomic E-state index is -0.106. The largest absolute Gasteiger partial charge is 0.481 e. The van der Waals surface area contributed by atoms with Gasteiger partial charge in [-0.3, -0.25) is 0 Å². The first-order valence-corrected chi connectivity index (χ1v) is 6.93. The first-order chi connectivity index (χ1) is 8.22. The van der Waals surface area contributed by atoms with E-state index in [-0.39, 0.29) is 5.60 Å². The summed E-state index contributed by atoms with van der Waals surface area (Å²) in [7, 11) is 0. The van der Waals surface area contributed by atoms with E-state index in [0.717, 1.165) is 36.2 Å². The molecule has 1 fully saturated rings. The highest BCUT2D eigenvalue weighted by Gasteiger charge is 2.36. The number of hydrogen-bond donors (Lipinski definition) is 1. The second kappa shape index (κ2) is 4.14. The van der Waals surface area contributed by atoms with Crippen LogP contribution >= 0.6 is 15.9 Å². The lowest BCUT2D eigenvalue weighted by Gasteiger charge is -2.32. The van der Waals surface area contributed by atoms with Crippen LogP contribution in [-0.4, -0.2) is 18.7 Å². The normalized spacial score (nSPS) is 26.0. The van der Waals surface area contributed by atoms with E-state index in [1.807, 2.05) is 0 Å². The molecule has 2 heterocycles. The Balaban J connectivity index is 2.06. The summed E-state index contributed by atoms with van der Waals surface area (Å²) >= 11 is 3.56. The second-order valence-electron chi connectivity index (χ2n) is 4.76. The standard InChI is InChI=1S/C14H16BrNO/c1-2-10-7-12(15)8-11-3-4-14(17-13(10)11)5-6-16-9-14/h3-4,7-8,16H,2,5-6,9H2,1H3/t14-/m1/s1. The van der Waals surface area contributed by atoms with Gasteiger partial charge in [0.05, 0.1) is 0 Å². The van der Waals surface area contributed by atoms with Gasteiger partial charge in [-0.05, 0) is 36.7 Å². The molecule has 90 valence electrons. The van der Waals surface area contributed by atoms with Crippen LogP contribution in [0.3, 0.4) is 0 Å². The van der Waals surface area contributed by atoms with Crippen LogP contribution in [0.4, 0.5) is 0 Å². The zero-order chi connectivity index (χ0) is 11.9. The van der Waals surface area contributed by atoms with Crippen molar-refractivity contribution < 1.29 is 4.74 Å². The van der Waals surface area contributed by atoms with Crippen molar-refractivity contribution in [2.24, 2.45) is 0 Å². The number of halogens is 1. The molecule has 1 N–H and O–H groups in total. The quantitative estimate of drug-likeness (QED) is 0.859. The summed E-state index contributed by atoms with van der Waals surface area (Å²) in [6, 6.07) is 4.29. The van der Waals surface area contributed by atoms with Crippen LogP contribution in [0, 0.1) is 0 Å². The fourth-order valence-corrected chi connectivity index (χ4v) is 3.10. The SMILES string of the molecule is CCc1cc(Br)cc2c1O[C@]1(C=C2)CCNC1. The Morgan fingerprint density at radius 2 is 2.35 bits per heavy atom. The number of hydrogen-bond acceptors (Lipinski definition) is 2. The molecule has 3 heteroatoms. The first kappa shape index (κ1) is 11.3. The van der Waals surface area contributed by atoms with Gasteiger partial charge in [0.15, 0.2) is 0 Å². The molecule has 0 amide bonds. The molecule has 1 atom stereocenters. The molecule has 1 saturated heterocycles. The van der Waals surface area contributed by atoms with Crippen molar-refractivity contribution in [3.8, 4) is 5.75 Å². The van der Waals surface area contributed by atoms with Crippen LogP contribution in [-0.2, 0) is 6.42 Å². The molecule has 1 spiro atoms.